The molecule has 0 unspecified atom stereocenters. The van der Waals surface area contributed by atoms with Gasteiger partial charge in [-0.25, -0.2) is 0 Å². The van der Waals surface area contributed by atoms with Gasteiger partial charge in [0.25, 0.3) is 0 Å². The highest BCUT2D eigenvalue weighted by Crippen LogP contribution is 2.43. The van der Waals surface area contributed by atoms with Crippen molar-refractivity contribution in [3.8, 4) is 17.7 Å². The quantitative estimate of drug-likeness (QED) is 0.791. The van der Waals surface area contributed by atoms with E-state index in [9.17, 15) is 5.26 Å². The molecule has 28 heavy (non-hydrogen) atoms. The molecule has 0 amide bonds. The molecule has 1 aromatic carbocycles. The van der Waals surface area contributed by atoms with Crippen LogP contribution in [0.1, 0.15) is 28.3 Å². The van der Waals surface area contributed by atoms with Gasteiger partial charge in [0.15, 0.2) is 0 Å². The number of nitrogens with one attached hydrogen (secondary N) is 1. The Morgan fingerprint density at radius 2 is 2.36 bits per heavy atom. The molecule has 2 aliphatic rings. The summed E-state index contributed by atoms with van der Waals surface area (Å²) in [6.07, 6.45) is 0. The van der Waals surface area contributed by atoms with E-state index in [4.69, 9.17) is 15.2 Å². The van der Waals surface area contributed by atoms with Crippen molar-refractivity contribution in [2.45, 2.75) is 18.6 Å². The first kappa shape index (κ1) is 18.8. The minimum atomic E-state index is -0.333. The van der Waals surface area contributed by atoms with E-state index in [1.165, 1.54) is 0 Å². The highest BCUT2D eigenvalue weighted by molar-refractivity contribution is 8.38. The van der Waals surface area contributed by atoms with E-state index in [-0.39, 0.29) is 11.8 Å². The van der Waals surface area contributed by atoms with Crippen molar-refractivity contribution in [1.29, 1.82) is 5.26 Å². The third kappa shape index (κ3) is 3.34. The second-order valence-corrected chi connectivity index (χ2v) is 8.65. The number of ether oxygens (including phenoxy) is 2. The molecule has 0 bridgehead atoms. The average Bonchev–Trinajstić information content (AvgIpc) is 3.35. The number of rotatable bonds is 4. The second kappa shape index (κ2) is 7.81. The predicted molar refractivity (Wildman–Crippen MR) is 112 cm³/mol. The van der Waals surface area contributed by atoms with Crippen LogP contribution in [0, 0.1) is 18.3 Å². The molecule has 4 rings (SSSR count). The molecule has 7 nitrogen and oxygen atoms in total. The number of H-pyrrole nitrogens is 1. The van der Waals surface area contributed by atoms with Crippen molar-refractivity contribution in [2.24, 2.45) is 10.7 Å². The first-order valence-electron chi connectivity index (χ1n) is 8.71. The number of fused-ring (bicyclic) bond motifs is 1. The van der Waals surface area contributed by atoms with E-state index in [1.54, 1.807) is 30.6 Å². The smallest absolute Gasteiger partial charge is 0.244 e. The number of aliphatic imine (C=N–C) groups is 1. The summed E-state index contributed by atoms with van der Waals surface area (Å²) in [5.41, 5.74) is 10.1. The van der Waals surface area contributed by atoms with Crippen LogP contribution in [0.3, 0.4) is 0 Å². The van der Waals surface area contributed by atoms with Gasteiger partial charge in [0.1, 0.15) is 21.8 Å². The van der Waals surface area contributed by atoms with Crippen molar-refractivity contribution in [2.75, 3.05) is 19.4 Å². The Kier molecular flexibility index (Phi) is 5.24. The molecule has 1 atom stereocenters. The topological polar surface area (TPSA) is 109 Å². The molecule has 1 aromatic heterocycles. The lowest BCUT2D eigenvalue weighted by molar-refractivity contribution is 0.378. The largest absolute Gasteiger partial charge is 0.496 e. The maximum Gasteiger partial charge on any atom is 0.244 e. The van der Waals surface area contributed by atoms with Crippen molar-refractivity contribution < 1.29 is 9.47 Å². The molecule has 9 heteroatoms. The standard InChI is InChI=1S/C19H19N5O2S2/c1-10-15-16(13(8-20)17(21)26-18(15)24-23-10)11-3-4-14(25-2)12(7-11)9-28-19-22-5-6-27-19/h3-4,7,16H,5-6,9,21H2,1-2H3,(H,23,24)/t16-/m1/s1. The van der Waals surface area contributed by atoms with E-state index in [2.05, 4.69) is 27.3 Å². The van der Waals surface area contributed by atoms with E-state index in [0.717, 1.165) is 50.6 Å². The number of nitrogens with two attached hydrogens (primary N) is 1. The molecule has 0 saturated heterocycles. The Morgan fingerprint density at radius 1 is 1.50 bits per heavy atom. The Balaban J connectivity index is 1.74. The molecule has 0 aliphatic carbocycles. The number of thioether (sulfide) groups is 2. The first-order valence-corrected chi connectivity index (χ1v) is 10.7. The summed E-state index contributed by atoms with van der Waals surface area (Å²) in [4.78, 5) is 4.49. The molecule has 3 heterocycles. The van der Waals surface area contributed by atoms with Gasteiger partial charge in [0.2, 0.25) is 11.8 Å². The molecule has 0 spiro atoms. The summed E-state index contributed by atoms with van der Waals surface area (Å²) >= 11 is 3.49. The van der Waals surface area contributed by atoms with Gasteiger partial charge in [-0.1, -0.05) is 35.7 Å². The summed E-state index contributed by atoms with van der Waals surface area (Å²) in [5, 5.41) is 16.8. The Labute approximate surface area is 171 Å². The fourth-order valence-corrected chi connectivity index (χ4v) is 5.35. The fraction of sp³-hybridized carbons (Fsp3) is 0.316. The summed E-state index contributed by atoms with van der Waals surface area (Å²) < 4.78 is 12.2. The van der Waals surface area contributed by atoms with Gasteiger partial charge in [-0.05, 0) is 18.6 Å². The van der Waals surface area contributed by atoms with Gasteiger partial charge in [-0.3, -0.25) is 10.1 Å². The van der Waals surface area contributed by atoms with Gasteiger partial charge >= 0.3 is 0 Å². The van der Waals surface area contributed by atoms with Crippen LogP contribution >= 0.6 is 23.5 Å². The highest BCUT2D eigenvalue weighted by Gasteiger charge is 2.34. The third-order valence-electron chi connectivity index (χ3n) is 4.68. The van der Waals surface area contributed by atoms with E-state index >= 15 is 0 Å². The number of benzene rings is 1. The van der Waals surface area contributed by atoms with Crippen molar-refractivity contribution in [3.63, 3.8) is 0 Å². The number of methoxy groups -OCH3 is 1. The van der Waals surface area contributed by atoms with Gasteiger partial charge in [-0.2, -0.15) is 5.26 Å². The molecule has 0 saturated carbocycles. The molecular weight excluding hydrogens is 394 g/mol. The zero-order valence-electron chi connectivity index (χ0n) is 15.5. The van der Waals surface area contributed by atoms with Crippen LogP contribution in [0.4, 0.5) is 0 Å². The van der Waals surface area contributed by atoms with Gasteiger partial charge in [-0.15, -0.1) is 5.10 Å². The van der Waals surface area contributed by atoms with Crippen molar-refractivity contribution >= 4 is 27.9 Å². The summed E-state index contributed by atoms with van der Waals surface area (Å²) in [5.74, 6) is 2.77. The van der Waals surface area contributed by atoms with Crippen molar-refractivity contribution in [3.05, 3.63) is 52.0 Å². The van der Waals surface area contributed by atoms with Crippen LogP contribution in [-0.2, 0) is 5.75 Å². The Bertz CT molecular complexity index is 1020. The third-order valence-corrected chi connectivity index (χ3v) is 6.98. The normalized spacial score (nSPS) is 18.3. The number of allylic oxidation sites excluding steroid dienone is 1. The monoisotopic (exact) mass is 413 g/mol. The second-order valence-electron chi connectivity index (χ2n) is 6.35. The summed E-state index contributed by atoms with van der Waals surface area (Å²) in [6, 6.07) is 8.19. The van der Waals surface area contributed by atoms with E-state index in [0.29, 0.717) is 11.5 Å². The maximum atomic E-state index is 9.72. The molecule has 2 aliphatic heterocycles. The SMILES string of the molecule is COc1ccc([C@@H]2C(C#N)=C(N)Oc3n[nH]c(C)c32)cc1CSC1=NCCS1. The maximum absolute atomic E-state index is 9.72. The first-order chi connectivity index (χ1) is 13.6. The number of aromatic amines is 1. The van der Waals surface area contributed by atoms with Gasteiger partial charge < -0.3 is 15.2 Å². The Hall–Kier alpha value is -2.57. The van der Waals surface area contributed by atoms with Crippen LogP contribution < -0.4 is 15.2 Å². The summed E-state index contributed by atoms with van der Waals surface area (Å²) in [6.45, 7) is 2.79. The molecule has 2 aromatic rings. The van der Waals surface area contributed by atoms with Crippen LogP contribution in [-0.4, -0.2) is 34.0 Å². The lowest BCUT2D eigenvalue weighted by Gasteiger charge is -2.24. The van der Waals surface area contributed by atoms with Crippen molar-refractivity contribution in [1.82, 2.24) is 10.2 Å². The van der Waals surface area contributed by atoms with Crippen LogP contribution in [0.25, 0.3) is 0 Å². The molecule has 3 N–H and O–H groups in total. The predicted octanol–water partition coefficient (Wildman–Crippen LogP) is 3.28. The zero-order valence-corrected chi connectivity index (χ0v) is 17.1. The lowest BCUT2D eigenvalue weighted by atomic mass is 9.83. The van der Waals surface area contributed by atoms with E-state index < -0.39 is 0 Å². The van der Waals surface area contributed by atoms with Gasteiger partial charge in [0.05, 0.1) is 19.6 Å². The number of nitrogens with zero attached hydrogens (tertiary/aromatic N) is 3. The number of aryl methyl sites for hydroxylation is 1. The summed E-state index contributed by atoms with van der Waals surface area (Å²) in [7, 11) is 1.66. The minimum absolute atomic E-state index is 0.0926. The fourth-order valence-electron chi connectivity index (χ4n) is 3.37. The number of hydrogen-bond acceptors (Lipinski definition) is 8. The van der Waals surface area contributed by atoms with Crippen LogP contribution in [0.15, 0.2) is 34.6 Å². The number of nitriles is 1. The number of aromatic nitrogens is 2. The van der Waals surface area contributed by atoms with Crippen LogP contribution in [0.5, 0.6) is 11.6 Å². The molecular formula is C19H19N5O2S2. The molecule has 0 fully saturated rings. The minimum Gasteiger partial charge on any atom is -0.496 e. The molecule has 144 valence electrons. The van der Waals surface area contributed by atoms with Gasteiger partial charge in [0, 0.05) is 28.3 Å². The zero-order chi connectivity index (χ0) is 19.7. The number of hydrogen-bond donors (Lipinski definition) is 2. The van der Waals surface area contributed by atoms with E-state index in [1.807, 2.05) is 19.1 Å². The van der Waals surface area contributed by atoms with Crippen LogP contribution in [0.2, 0.25) is 0 Å². The Morgan fingerprint density at radius 3 is 3.07 bits per heavy atom. The average molecular weight is 414 g/mol. The lowest BCUT2D eigenvalue weighted by Crippen LogP contribution is -2.21. The molecule has 0 radical (unpaired) electrons. The highest BCUT2D eigenvalue weighted by atomic mass is 32.2.